The molecule has 2 rings (SSSR count). The summed E-state index contributed by atoms with van der Waals surface area (Å²) in [7, 11) is 0. The highest BCUT2D eigenvalue weighted by molar-refractivity contribution is 6.01. The molecule has 4 nitrogen and oxygen atoms in total. The van der Waals surface area contributed by atoms with Gasteiger partial charge in [0, 0.05) is 0 Å². The third kappa shape index (κ3) is 4.42. The number of anilines is 1. The standard InChI is InChI=1S/C19H21NO3/c1-4-23-19(22)16-7-5-6-8-17(16)20-18(21)12-15-10-9-13(2)11-14(15)3/h5-11H,4,12H2,1-3H3,(H,20,21). The number of hydrogen-bond donors (Lipinski definition) is 1. The quantitative estimate of drug-likeness (QED) is 0.857. The maximum absolute atomic E-state index is 12.3. The lowest BCUT2D eigenvalue weighted by Gasteiger charge is -2.11. The van der Waals surface area contributed by atoms with Gasteiger partial charge < -0.3 is 10.1 Å². The van der Waals surface area contributed by atoms with Crippen LogP contribution in [0.2, 0.25) is 0 Å². The molecule has 0 atom stereocenters. The minimum atomic E-state index is -0.435. The average Bonchev–Trinajstić information content (AvgIpc) is 2.51. The normalized spacial score (nSPS) is 10.2. The molecule has 23 heavy (non-hydrogen) atoms. The van der Waals surface area contributed by atoms with Crippen molar-refractivity contribution < 1.29 is 14.3 Å². The van der Waals surface area contributed by atoms with Gasteiger partial charge in [-0.15, -0.1) is 0 Å². The zero-order chi connectivity index (χ0) is 16.8. The van der Waals surface area contributed by atoms with Gasteiger partial charge in [-0.2, -0.15) is 0 Å². The molecule has 4 heteroatoms. The van der Waals surface area contributed by atoms with Gasteiger partial charge in [-0.3, -0.25) is 4.79 Å². The second-order valence-corrected chi connectivity index (χ2v) is 5.42. The molecule has 0 fully saturated rings. The van der Waals surface area contributed by atoms with Crippen molar-refractivity contribution in [2.75, 3.05) is 11.9 Å². The largest absolute Gasteiger partial charge is 0.462 e. The molecule has 0 saturated carbocycles. The van der Waals surface area contributed by atoms with Crippen LogP contribution in [-0.4, -0.2) is 18.5 Å². The van der Waals surface area contributed by atoms with E-state index in [1.165, 1.54) is 5.56 Å². The van der Waals surface area contributed by atoms with Crippen LogP contribution in [0.25, 0.3) is 0 Å². The van der Waals surface area contributed by atoms with E-state index in [9.17, 15) is 9.59 Å². The maximum atomic E-state index is 12.3. The Morgan fingerprint density at radius 3 is 2.52 bits per heavy atom. The second-order valence-electron chi connectivity index (χ2n) is 5.42. The van der Waals surface area contributed by atoms with E-state index in [1.807, 2.05) is 26.0 Å². The number of aryl methyl sites for hydroxylation is 2. The van der Waals surface area contributed by atoms with Crippen molar-refractivity contribution in [3.8, 4) is 0 Å². The maximum Gasteiger partial charge on any atom is 0.340 e. The topological polar surface area (TPSA) is 55.4 Å². The first-order valence-electron chi connectivity index (χ1n) is 7.63. The lowest BCUT2D eigenvalue weighted by atomic mass is 10.0. The van der Waals surface area contributed by atoms with Crippen LogP contribution in [0.3, 0.4) is 0 Å². The van der Waals surface area contributed by atoms with Crippen molar-refractivity contribution in [1.29, 1.82) is 0 Å². The summed E-state index contributed by atoms with van der Waals surface area (Å²) in [6.45, 7) is 6.05. The van der Waals surface area contributed by atoms with E-state index in [2.05, 4.69) is 11.4 Å². The van der Waals surface area contributed by atoms with Gasteiger partial charge in [0.15, 0.2) is 0 Å². The Hall–Kier alpha value is -2.62. The van der Waals surface area contributed by atoms with Crippen molar-refractivity contribution in [2.45, 2.75) is 27.2 Å². The Morgan fingerprint density at radius 2 is 1.83 bits per heavy atom. The van der Waals surface area contributed by atoms with Gasteiger partial charge in [-0.1, -0.05) is 35.9 Å². The predicted molar refractivity (Wildman–Crippen MR) is 90.6 cm³/mol. The van der Waals surface area contributed by atoms with Crippen molar-refractivity contribution in [3.05, 3.63) is 64.7 Å². The summed E-state index contributed by atoms with van der Waals surface area (Å²) in [5.74, 6) is -0.594. The van der Waals surface area contributed by atoms with Gasteiger partial charge in [-0.25, -0.2) is 4.79 Å². The van der Waals surface area contributed by atoms with Gasteiger partial charge in [0.1, 0.15) is 0 Å². The molecule has 0 bridgehead atoms. The summed E-state index contributed by atoms with van der Waals surface area (Å²) in [6, 6.07) is 12.9. The highest BCUT2D eigenvalue weighted by Gasteiger charge is 2.14. The van der Waals surface area contributed by atoms with E-state index in [0.29, 0.717) is 17.9 Å². The zero-order valence-electron chi connectivity index (χ0n) is 13.7. The van der Waals surface area contributed by atoms with Crippen LogP contribution in [0.15, 0.2) is 42.5 Å². The van der Waals surface area contributed by atoms with E-state index in [0.717, 1.165) is 11.1 Å². The molecule has 0 aliphatic carbocycles. The van der Waals surface area contributed by atoms with Crippen LogP contribution in [0.5, 0.6) is 0 Å². The first kappa shape index (κ1) is 16.7. The van der Waals surface area contributed by atoms with Gasteiger partial charge >= 0.3 is 5.97 Å². The van der Waals surface area contributed by atoms with Gasteiger partial charge in [0.05, 0.1) is 24.3 Å². The minimum absolute atomic E-state index is 0.159. The number of hydrogen-bond acceptors (Lipinski definition) is 3. The molecule has 0 radical (unpaired) electrons. The molecular weight excluding hydrogens is 290 g/mol. The van der Waals surface area contributed by atoms with Crippen molar-refractivity contribution in [2.24, 2.45) is 0 Å². The fourth-order valence-electron chi connectivity index (χ4n) is 2.39. The Morgan fingerprint density at radius 1 is 1.09 bits per heavy atom. The van der Waals surface area contributed by atoms with Crippen LogP contribution >= 0.6 is 0 Å². The van der Waals surface area contributed by atoms with Crippen LogP contribution < -0.4 is 5.32 Å². The lowest BCUT2D eigenvalue weighted by molar-refractivity contribution is -0.115. The summed E-state index contributed by atoms with van der Waals surface area (Å²) in [5.41, 5.74) is 4.06. The Bertz CT molecular complexity index is 722. The Labute approximate surface area is 136 Å². The molecule has 0 spiro atoms. The first-order valence-corrected chi connectivity index (χ1v) is 7.63. The SMILES string of the molecule is CCOC(=O)c1ccccc1NC(=O)Cc1ccc(C)cc1C. The van der Waals surface area contributed by atoms with Crippen LogP contribution in [0, 0.1) is 13.8 Å². The summed E-state index contributed by atoms with van der Waals surface area (Å²) in [4.78, 5) is 24.2. The number of nitrogens with one attached hydrogen (secondary N) is 1. The van der Waals surface area contributed by atoms with Crippen LogP contribution in [0.1, 0.15) is 34.0 Å². The van der Waals surface area contributed by atoms with E-state index < -0.39 is 5.97 Å². The monoisotopic (exact) mass is 311 g/mol. The summed E-state index contributed by atoms with van der Waals surface area (Å²) in [6.07, 6.45) is 0.267. The molecule has 120 valence electrons. The minimum Gasteiger partial charge on any atom is -0.462 e. The highest BCUT2D eigenvalue weighted by atomic mass is 16.5. The van der Waals surface area contributed by atoms with Crippen molar-refractivity contribution in [3.63, 3.8) is 0 Å². The molecular formula is C19H21NO3. The molecule has 0 aliphatic heterocycles. The molecule has 0 heterocycles. The van der Waals surface area contributed by atoms with Crippen LogP contribution in [0.4, 0.5) is 5.69 Å². The van der Waals surface area contributed by atoms with E-state index in [-0.39, 0.29) is 12.3 Å². The molecule has 2 aromatic carbocycles. The number of benzene rings is 2. The van der Waals surface area contributed by atoms with E-state index >= 15 is 0 Å². The average molecular weight is 311 g/mol. The fraction of sp³-hybridized carbons (Fsp3) is 0.263. The molecule has 2 aromatic rings. The third-order valence-electron chi connectivity index (χ3n) is 3.55. The molecule has 0 aromatic heterocycles. The molecule has 1 amide bonds. The van der Waals surface area contributed by atoms with E-state index in [1.54, 1.807) is 31.2 Å². The summed E-state index contributed by atoms with van der Waals surface area (Å²) < 4.78 is 5.01. The second kappa shape index (κ2) is 7.58. The number of ether oxygens (including phenoxy) is 1. The summed E-state index contributed by atoms with van der Waals surface area (Å²) in [5, 5.41) is 2.80. The molecule has 0 unspecified atom stereocenters. The smallest absolute Gasteiger partial charge is 0.340 e. The number of esters is 1. The predicted octanol–water partition coefficient (Wildman–Crippen LogP) is 3.66. The van der Waals surface area contributed by atoms with Crippen molar-refractivity contribution >= 4 is 17.6 Å². The van der Waals surface area contributed by atoms with Gasteiger partial charge in [-0.05, 0) is 44.0 Å². The number of rotatable bonds is 5. The molecule has 0 saturated heterocycles. The molecule has 0 aliphatic rings. The third-order valence-corrected chi connectivity index (χ3v) is 3.55. The fourth-order valence-corrected chi connectivity index (χ4v) is 2.39. The number of carbonyl (C=O) groups excluding carboxylic acids is 2. The van der Waals surface area contributed by atoms with Gasteiger partial charge in [0.2, 0.25) is 5.91 Å². The first-order chi connectivity index (χ1) is 11.0. The van der Waals surface area contributed by atoms with E-state index in [4.69, 9.17) is 4.74 Å². The number of para-hydroxylation sites is 1. The van der Waals surface area contributed by atoms with Crippen molar-refractivity contribution in [1.82, 2.24) is 0 Å². The Balaban J connectivity index is 2.13. The van der Waals surface area contributed by atoms with Gasteiger partial charge in [0.25, 0.3) is 0 Å². The number of amides is 1. The summed E-state index contributed by atoms with van der Waals surface area (Å²) >= 11 is 0. The zero-order valence-corrected chi connectivity index (χ0v) is 13.7. The lowest BCUT2D eigenvalue weighted by Crippen LogP contribution is -2.18. The number of carbonyl (C=O) groups is 2. The molecule has 1 N–H and O–H groups in total. The van der Waals surface area contributed by atoms with Crippen LogP contribution in [-0.2, 0) is 16.0 Å². The highest BCUT2D eigenvalue weighted by Crippen LogP contribution is 2.17. The Kier molecular flexibility index (Phi) is 5.52.